The van der Waals surface area contributed by atoms with Gasteiger partial charge in [0.1, 0.15) is 12.1 Å². The van der Waals surface area contributed by atoms with E-state index < -0.39 is 0 Å². The number of halogens is 1. The predicted molar refractivity (Wildman–Crippen MR) is 88.7 cm³/mol. The van der Waals surface area contributed by atoms with Gasteiger partial charge in [-0.2, -0.15) is 0 Å². The minimum atomic E-state index is 1.03. The Kier molecular flexibility index (Phi) is 4.47. The van der Waals surface area contributed by atoms with Crippen LogP contribution in [-0.2, 0) is 6.54 Å². The predicted octanol–water partition coefficient (Wildman–Crippen LogP) is 2.40. The van der Waals surface area contributed by atoms with Crippen LogP contribution < -0.4 is 4.90 Å². The molecule has 0 atom stereocenters. The van der Waals surface area contributed by atoms with Crippen molar-refractivity contribution in [3.05, 3.63) is 52.0 Å². The molecule has 3 rings (SSSR count). The quantitative estimate of drug-likeness (QED) is 0.766. The first-order valence-electron chi connectivity index (χ1n) is 6.79. The molecule has 0 radical (unpaired) electrons. The highest BCUT2D eigenvalue weighted by molar-refractivity contribution is 14.1. The molecule has 0 bridgehead atoms. The molecule has 4 nitrogen and oxygen atoms in total. The topological polar surface area (TPSA) is 32.3 Å². The Morgan fingerprint density at radius 1 is 1.05 bits per heavy atom. The minimum absolute atomic E-state index is 1.03. The number of hydrogen-bond acceptors (Lipinski definition) is 4. The van der Waals surface area contributed by atoms with E-state index in [1.54, 1.807) is 6.33 Å². The summed E-state index contributed by atoms with van der Waals surface area (Å²) in [6.45, 7) is 5.25. The highest BCUT2D eigenvalue weighted by atomic mass is 127. The molecule has 1 aliphatic heterocycles. The van der Waals surface area contributed by atoms with Crippen molar-refractivity contribution in [1.29, 1.82) is 0 Å². The van der Waals surface area contributed by atoms with E-state index in [1.165, 1.54) is 5.56 Å². The molecular weight excluding hydrogens is 363 g/mol. The first kappa shape index (κ1) is 13.8. The summed E-state index contributed by atoms with van der Waals surface area (Å²) in [7, 11) is 0. The van der Waals surface area contributed by atoms with E-state index in [-0.39, 0.29) is 0 Å². The molecule has 20 heavy (non-hydrogen) atoms. The summed E-state index contributed by atoms with van der Waals surface area (Å²) in [5.41, 5.74) is 1.39. The van der Waals surface area contributed by atoms with Crippen molar-refractivity contribution in [1.82, 2.24) is 14.9 Å². The van der Waals surface area contributed by atoms with Crippen molar-refractivity contribution < 1.29 is 0 Å². The molecule has 1 fully saturated rings. The van der Waals surface area contributed by atoms with Crippen LogP contribution in [-0.4, -0.2) is 41.0 Å². The number of rotatable bonds is 3. The van der Waals surface area contributed by atoms with E-state index in [4.69, 9.17) is 0 Å². The minimum Gasteiger partial charge on any atom is -0.353 e. The first-order valence-corrected chi connectivity index (χ1v) is 7.87. The second-order valence-electron chi connectivity index (χ2n) is 4.94. The molecule has 0 saturated carbocycles. The van der Waals surface area contributed by atoms with E-state index in [9.17, 15) is 0 Å². The van der Waals surface area contributed by atoms with Crippen molar-refractivity contribution >= 4 is 28.4 Å². The van der Waals surface area contributed by atoms with Gasteiger partial charge in [-0.15, -0.1) is 0 Å². The number of piperazine rings is 1. The zero-order valence-corrected chi connectivity index (χ0v) is 13.4. The molecule has 0 aliphatic carbocycles. The van der Waals surface area contributed by atoms with Crippen LogP contribution in [0.1, 0.15) is 5.56 Å². The molecule has 0 unspecified atom stereocenters. The maximum Gasteiger partial charge on any atom is 0.145 e. The number of hydrogen-bond donors (Lipinski definition) is 0. The van der Waals surface area contributed by atoms with E-state index >= 15 is 0 Å². The average molecular weight is 380 g/mol. The third-order valence-electron chi connectivity index (χ3n) is 3.57. The highest BCUT2D eigenvalue weighted by Gasteiger charge is 2.19. The normalized spacial score (nSPS) is 16.4. The fourth-order valence-corrected chi connectivity index (χ4v) is 3.14. The van der Waals surface area contributed by atoms with Crippen LogP contribution in [0.5, 0.6) is 0 Å². The van der Waals surface area contributed by atoms with Gasteiger partial charge in [-0.1, -0.05) is 30.3 Å². The Balaban J connectivity index is 1.59. The Hall–Kier alpha value is -1.21. The SMILES string of the molecule is Ic1cncnc1N1CCN(Cc2ccccc2)CC1. The van der Waals surface area contributed by atoms with Crippen LogP contribution in [0.3, 0.4) is 0 Å². The lowest BCUT2D eigenvalue weighted by Gasteiger charge is -2.35. The summed E-state index contributed by atoms with van der Waals surface area (Å²) in [5, 5.41) is 0. The van der Waals surface area contributed by atoms with Gasteiger partial charge in [0.15, 0.2) is 0 Å². The molecule has 0 spiro atoms. The largest absolute Gasteiger partial charge is 0.353 e. The van der Waals surface area contributed by atoms with E-state index in [0.717, 1.165) is 42.1 Å². The van der Waals surface area contributed by atoms with Crippen molar-refractivity contribution in [3.8, 4) is 0 Å². The first-order chi connectivity index (χ1) is 9.83. The lowest BCUT2D eigenvalue weighted by Crippen LogP contribution is -2.46. The van der Waals surface area contributed by atoms with Gasteiger partial charge < -0.3 is 4.90 Å². The monoisotopic (exact) mass is 380 g/mol. The van der Waals surface area contributed by atoms with E-state index in [0.29, 0.717) is 0 Å². The molecule has 0 amide bonds. The maximum atomic E-state index is 4.40. The van der Waals surface area contributed by atoms with Gasteiger partial charge in [-0.25, -0.2) is 9.97 Å². The molecule has 104 valence electrons. The van der Waals surface area contributed by atoms with Crippen molar-refractivity contribution in [2.45, 2.75) is 6.54 Å². The molecule has 2 aromatic rings. The van der Waals surface area contributed by atoms with E-state index in [2.05, 4.69) is 72.7 Å². The molecule has 1 aromatic heterocycles. The molecule has 0 N–H and O–H groups in total. The second kappa shape index (κ2) is 6.49. The molecule has 2 heterocycles. The number of anilines is 1. The third-order valence-corrected chi connectivity index (χ3v) is 4.33. The van der Waals surface area contributed by atoms with Gasteiger partial charge in [-0.05, 0) is 28.2 Å². The summed E-state index contributed by atoms with van der Waals surface area (Å²) in [6.07, 6.45) is 3.51. The summed E-state index contributed by atoms with van der Waals surface area (Å²) < 4.78 is 1.13. The standard InChI is InChI=1S/C15H17IN4/c16-14-10-17-12-18-15(14)20-8-6-19(7-9-20)11-13-4-2-1-3-5-13/h1-5,10,12H,6-9,11H2. The number of benzene rings is 1. The Bertz CT molecular complexity index is 553. The average Bonchev–Trinajstić information content (AvgIpc) is 2.50. The molecular formula is C15H17IN4. The van der Waals surface area contributed by atoms with Crippen LogP contribution >= 0.6 is 22.6 Å². The van der Waals surface area contributed by atoms with Crippen LogP contribution in [0.4, 0.5) is 5.82 Å². The number of nitrogens with zero attached hydrogens (tertiary/aromatic N) is 4. The van der Waals surface area contributed by atoms with Crippen molar-refractivity contribution in [2.75, 3.05) is 31.1 Å². The second-order valence-corrected chi connectivity index (χ2v) is 6.11. The summed E-state index contributed by atoms with van der Waals surface area (Å²) >= 11 is 2.31. The van der Waals surface area contributed by atoms with Gasteiger partial charge in [-0.3, -0.25) is 4.90 Å². The lowest BCUT2D eigenvalue weighted by atomic mass is 10.2. The number of aromatic nitrogens is 2. The maximum absolute atomic E-state index is 4.40. The van der Waals surface area contributed by atoms with Crippen LogP contribution in [0, 0.1) is 3.57 Å². The summed E-state index contributed by atoms with van der Waals surface area (Å²) in [5.74, 6) is 1.07. The fourth-order valence-electron chi connectivity index (χ4n) is 2.50. The van der Waals surface area contributed by atoms with Gasteiger partial charge in [0.2, 0.25) is 0 Å². The van der Waals surface area contributed by atoms with Crippen molar-refractivity contribution in [3.63, 3.8) is 0 Å². The van der Waals surface area contributed by atoms with Gasteiger partial charge in [0.05, 0.1) is 3.57 Å². The Labute approximate surface area is 133 Å². The molecule has 1 aromatic carbocycles. The Morgan fingerprint density at radius 3 is 2.50 bits per heavy atom. The van der Waals surface area contributed by atoms with Gasteiger partial charge in [0.25, 0.3) is 0 Å². The van der Waals surface area contributed by atoms with Crippen LogP contribution in [0.25, 0.3) is 0 Å². The third kappa shape index (κ3) is 3.27. The van der Waals surface area contributed by atoms with Gasteiger partial charge in [0, 0.05) is 38.9 Å². The van der Waals surface area contributed by atoms with Crippen LogP contribution in [0.15, 0.2) is 42.9 Å². The van der Waals surface area contributed by atoms with Crippen LogP contribution in [0.2, 0.25) is 0 Å². The highest BCUT2D eigenvalue weighted by Crippen LogP contribution is 2.20. The molecule has 1 saturated heterocycles. The van der Waals surface area contributed by atoms with Gasteiger partial charge >= 0.3 is 0 Å². The zero-order chi connectivity index (χ0) is 13.8. The summed E-state index contributed by atoms with van der Waals surface area (Å²) in [4.78, 5) is 13.3. The Morgan fingerprint density at radius 2 is 1.80 bits per heavy atom. The fraction of sp³-hybridized carbons (Fsp3) is 0.333. The zero-order valence-electron chi connectivity index (χ0n) is 11.2. The molecule has 1 aliphatic rings. The molecule has 5 heteroatoms. The smallest absolute Gasteiger partial charge is 0.145 e. The van der Waals surface area contributed by atoms with E-state index in [1.807, 2.05) is 6.20 Å². The summed E-state index contributed by atoms with van der Waals surface area (Å²) in [6, 6.07) is 10.7. The van der Waals surface area contributed by atoms with Crippen molar-refractivity contribution in [2.24, 2.45) is 0 Å². The lowest BCUT2D eigenvalue weighted by molar-refractivity contribution is 0.249.